The second kappa shape index (κ2) is 13.1. The molecule has 10 heteroatoms. The van der Waals surface area contributed by atoms with Crippen molar-refractivity contribution < 1.29 is 18.0 Å². The van der Waals surface area contributed by atoms with E-state index in [0.717, 1.165) is 14.8 Å². The Bertz CT molecular complexity index is 1440. The highest BCUT2D eigenvalue weighted by atomic mass is 35.5. The molecule has 3 aromatic rings. The van der Waals surface area contributed by atoms with Gasteiger partial charge in [0.25, 0.3) is 10.0 Å². The lowest BCUT2D eigenvalue weighted by molar-refractivity contribution is -0.140. The number of sulfonamides is 1. The van der Waals surface area contributed by atoms with Crippen LogP contribution in [0.1, 0.15) is 38.8 Å². The van der Waals surface area contributed by atoms with E-state index in [1.165, 1.54) is 28.8 Å². The fourth-order valence-electron chi connectivity index (χ4n) is 3.98. The summed E-state index contributed by atoms with van der Waals surface area (Å²) in [7, 11) is -4.13. The number of anilines is 1. The fourth-order valence-corrected chi connectivity index (χ4v) is 6.00. The number of amides is 2. The minimum Gasteiger partial charge on any atom is -0.350 e. The molecule has 0 aliphatic rings. The van der Waals surface area contributed by atoms with Crippen molar-refractivity contribution >= 4 is 50.9 Å². The first-order valence-electron chi connectivity index (χ1n) is 12.8. The van der Waals surface area contributed by atoms with E-state index in [0.29, 0.717) is 16.3 Å². The molecule has 7 nitrogen and oxygen atoms in total. The van der Waals surface area contributed by atoms with Crippen molar-refractivity contribution in [1.29, 1.82) is 0 Å². The Morgan fingerprint density at radius 3 is 2.12 bits per heavy atom. The average molecular weight is 602 g/mol. The molecule has 2 amide bonds. The van der Waals surface area contributed by atoms with E-state index in [4.69, 9.17) is 11.6 Å². The third-order valence-electron chi connectivity index (χ3n) is 6.21. The number of nitrogens with one attached hydrogen (secondary N) is 1. The lowest BCUT2D eigenvalue weighted by atomic mass is 10.1. The Morgan fingerprint density at radius 2 is 1.57 bits per heavy atom. The minimum atomic E-state index is -4.13. The molecule has 0 fully saturated rings. The number of thioether (sulfide) groups is 1. The zero-order valence-electron chi connectivity index (χ0n) is 23.6. The Hall–Kier alpha value is -3.01. The SMILES string of the molecule is CSc1ccc(S(=O)(=O)N(CC(=O)N(Cc2ccccc2Cl)[C@H](C)C(=O)NC(C)(C)C)c2ccc(C)cc2)cc1. The van der Waals surface area contributed by atoms with Gasteiger partial charge in [-0.2, -0.15) is 0 Å². The first-order valence-corrected chi connectivity index (χ1v) is 15.9. The van der Waals surface area contributed by atoms with Gasteiger partial charge in [0.15, 0.2) is 0 Å². The summed E-state index contributed by atoms with van der Waals surface area (Å²) in [5.74, 6) is -0.897. The van der Waals surface area contributed by atoms with Crippen LogP contribution in [0.3, 0.4) is 0 Å². The van der Waals surface area contributed by atoms with Crippen molar-refractivity contribution in [3.8, 4) is 0 Å². The Kier molecular flexibility index (Phi) is 10.3. The van der Waals surface area contributed by atoms with E-state index < -0.39 is 34.1 Å². The summed E-state index contributed by atoms with van der Waals surface area (Å²) in [4.78, 5) is 29.5. The molecule has 1 atom stereocenters. The third kappa shape index (κ3) is 8.02. The van der Waals surface area contributed by atoms with Gasteiger partial charge in [0, 0.05) is 22.0 Å². The topological polar surface area (TPSA) is 86.8 Å². The number of hydrogen-bond donors (Lipinski definition) is 1. The highest BCUT2D eigenvalue weighted by Crippen LogP contribution is 2.27. The van der Waals surface area contributed by atoms with Gasteiger partial charge in [-0.1, -0.05) is 47.5 Å². The number of rotatable bonds is 10. The maximum Gasteiger partial charge on any atom is 0.264 e. The van der Waals surface area contributed by atoms with Crippen LogP contribution < -0.4 is 9.62 Å². The summed E-state index contributed by atoms with van der Waals surface area (Å²) in [6, 6.07) is 19.6. The Labute approximate surface area is 247 Å². The predicted octanol–water partition coefficient (Wildman–Crippen LogP) is 5.90. The molecular formula is C30H36ClN3O4S2. The number of aryl methyl sites for hydroxylation is 1. The number of halogens is 1. The van der Waals surface area contributed by atoms with Crippen LogP contribution in [0.15, 0.2) is 82.6 Å². The summed E-state index contributed by atoms with van der Waals surface area (Å²) in [5.41, 5.74) is 1.41. The highest BCUT2D eigenvalue weighted by Gasteiger charge is 2.33. The molecule has 0 heterocycles. The molecular weight excluding hydrogens is 566 g/mol. The van der Waals surface area contributed by atoms with Crippen LogP contribution in [-0.4, -0.2) is 49.5 Å². The van der Waals surface area contributed by atoms with Crippen molar-refractivity contribution in [3.63, 3.8) is 0 Å². The van der Waals surface area contributed by atoms with Crippen LogP contribution >= 0.6 is 23.4 Å². The molecule has 0 saturated heterocycles. The summed E-state index contributed by atoms with van der Waals surface area (Å²) in [6.45, 7) is 8.61. The second-order valence-electron chi connectivity index (χ2n) is 10.6. The molecule has 0 aliphatic heterocycles. The zero-order chi connectivity index (χ0) is 29.7. The lowest BCUT2D eigenvalue weighted by Crippen LogP contribution is -2.54. The summed E-state index contributed by atoms with van der Waals surface area (Å²) < 4.78 is 28.9. The Balaban J connectivity index is 2.04. The molecule has 40 heavy (non-hydrogen) atoms. The van der Waals surface area contributed by atoms with E-state index >= 15 is 0 Å². The molecule has 1 N–H and O–H groups in total. The van der Waals surface area contributed by atoms with Gasteiger partial charge in [-0.25, -0.2) is 8.42 Å². The summed E-state index contributed by atoms with van der Waals surface area (Å²) in [6.07, 6.45) is 1.91. The standard InChI is InChI=1S/C30H36ClN3O4S2/c1-21-11-13-24(14-12-21)34(40(37,38)26-17-15-25(39-6)16-18-26)20-28(35)33(19-23-9-7-8-10-27(23)31)22(2)29(36)32-30(3,4)5/h7-18,22H,19-20H2,1-6H3,(H,32,36)/t22-/m1/s1. The first kappa shape index (κ1) is 31.5. The number of benzene rings is 3. The molecule has 0 spiro atoms. The molecule has 214 valence electrons. The largest absolute Gasteiger partial charge is 0.350 e. The molecule has 3 aromatic carbocycles. The van der Waals surface area contributed by atoms with Gasteiger partial charge >= 0.3 is 0 Å². The fraction of sp³-hybridized carbons (Fsp3) is 0.333. The van der Waals surface area contributed by atoms with Gasteiger partial charge in [-0.3, -0.25) is 13.9 Å². The van der Waals surface area contributed by atoms with Crippen molar-refractivity contribution in [2.45, 2.75) is 62.5 Å². The summed E-state index contributed by atoms with van der Waals surface area (Å²) >= 11 is 7.91. The molecule has 0 aromatic heterocycles. The van der Waals surface area contributed by atoms with Crippen molar-refractivity contribution in [1.82, 2.24) is 10.2 Å². The van der Waals surface area contributed by atoms with E-state index in [-0.39, 0.29) is 17.3 Å². The van der Waals surface area contributed by atoms with E-state index in [1.807, 2.05) is 34.0 Å². The number of nitrogens with zero attached hydrogens (tertiary/aromatic N) is 2. The smallest absolute Gasteiger partial charge is 0.264 e. The Morgan fingerprint density at radius 1 is 0.975 bits per heavy atom. The minimum absolute atomic E-state index is 0.0292. The second-order valence-corrected chi connectivity index (χ2v) is 13.7. The van der Waals surface area contributed by atoms with Crippen LogP contribution in [0.5, 0.6) is 0 Å². The van der Waals surface area contributed by atoms with Crippen LogP contribution in [0.25, 0.3) is 0 Å². The van der Waals surface area contributed by atoms with Crippen molar-refractivity contribution in [2.24, 2.45) is 0 Å². The van der Waals surface area contributed by atoms with E-state index in [1.54, 1.807) is 67.6 Å². The lowest BCUT2D eigenvalue weighted by Gasteiger charge is -2.33. The number of carbonyl (C=O) groups excluding carboxylic acids is 2. The molecule has 0 radical (unpaired) electrons. The van der Waals surface area contributed by atoms with Crippen LogP contribution in [0.2, 0.25) is 5.02 Å². The van der Waals surface area contributed by atoms with Gasteiger partial charge in [0.2, 0.25) is 11.8 Å². The van der Waals surface area contributed by atoms with Crippen LogP contribution in [0.4, 0.5) is 5.69 Å². The molecule has 3 rings (SSSR count). The normalized spacial score (nSPS) is 12.5. The van der Waals surface area contributed by atoms with E-state index in [9.17, 15) is 18.0 Å². The summed E-state index contributed by atoms with van der Waals surface area (Å²) in [5, 5.41) is 3.36. The number of carbonyl (C=O) groups is 2. The maximum atomic E-state index is 14.0. The van der Waals surface area contributed by atoms with Crippen LogP contribution in [0, 0.1) is 6.92 Å². The van der Waals surface area contributed by atoms with E-state index in [2.05, 4.69) is 5.32 Å². The monoisotopic (exact) mass is 601 g/mol. The average Bonchev–Trinajstić information content (AvgIpc) is 2.90. The van der Waals surface area contributed by atoms with Gasteiger partial charge < -0.3 is 10.2 Å². The molecule has 0 aliphatic carbocycles. The third-order valence-corrected chi connectivity index (χ3v) is 9.11. The predicted molar refractivity (Wildman–Crippen MR) is 163 cm³/mol. The molecule has 0 unspecified atom stereocenters. The van der Waals surface area contributed by atoms with Gasteiger partial charge in [-0.15, -0.1) is 11.8 Å². The van der Waals surface area contributed by atoms with Gasteiger partial charge in [0.05, 0.1) is 10.6 Å². The quantitative estimate of drug-likeness (QED) is 0.293. The van der Waals surface area contributed by atoms with Gasteiger partial charge in [0.1, 0.15) is 12.6 Å². The van der Waals surface area contributed by atoms with Crippen molar-refractivity contribution in [3.05, 3.63) is 88.9 Å². The van der Waals surface area contributed by atoms with Crippen LogP contribution in [-0.2, 0) is 26.2 Å². The number of hydrogen-bond acceptors (Lipinski definition) is 5. The first-order chi connectivity index (χ1) is 18.7. The molecule has 0 bridgehead atoms. The maximum absolute atomic E-state index is 14.0. The highest BCUT2D eigenvalue weighted by molar-refractivity contribution is 7.98. The van der Waals surface area contributed by atoms with Gasteiger partial charge in [-0.05, 0) is 88.9 Å². The van der Waals surface area contributed by atoms with Crippen molar-refractivity contribution in [2.75, 3.05) is 17.1 Å². The molecule has 0 saturated carbocycles. The zero-order valence-corrected chi connectivity index (χ0v) is 26.0.